The fraction of sp³-hybridized carbons (Fsp3) is 0.150. The molecule has 1 aromatic heterocycles. The summed E-state index contributed by atoms with van der Waals surface area (Å²) in [5.74, 6) is 0.801. The number of hydrogen-bond donors (Lipinski definition) is 1. The Kier molecular flexibility index (Phi) is 5.96. The van der Waals surface area contributed by atoms with Crippen molar-refractivity contribution in [2.24, 2.45) is 0 Å². The number of rotatable bonds is 6. The van der Waals surface area contributed by atoms with E-state index < -0.39 is 0 Å². The van der Waals surface area contributed by atoms with Gasteiger partial charge in [-0.15, -0.1) is 0 Å². The van der Waals surface area contributed by atoms with E-state index in [2.05, 4.69) is 10.4 Å². The van der Waals surface area contributed by atoms with Gasteiger partial charge < -0.3 is 14.8 Å². The highest BCUT2D eigenvalue weighted by Gasteiger charge is 2.12. The summed E-state index contributed by atoms with van der Waals surface area (Å²) in [6.45, 7) is -0.228. The molecule has 8 heteroatoms. The number of carbonyl (C=O) groups is 1. The quantitative estimate of drug-likeness (QED) is 0.688. The average Bonchev–Trinajstić information content (AvgIpc) is 2.71. The van der Waals surface area contributed by atoms with Crippen molar-refractivity contribution in [3.8, 4) is 22.8 Å². The molecule has 1 N–H and O–H groups in total. The van der Waals surface area contributed by atoms with Crippen molar-refractivity contribution in [1.82, 2.24) is 9.78 Å². The first kappa shape index (κ1) is 19.4. The van der Waals surface area contributed by atoms with Gasteiger partial charge in [-0.3, -0.25) is 9.59 Å². The Morgan fingerprint density at radius 3 is 2.50 bits per heavy atom. The Morgan fingerprint density at radius 2 is 1.82 bits per heavy atom. The van der Waals surface area contributed by atoms with Crippen LogP contribution in [-0.4, -0.2) is 29.9 Å². The van der Waals surface area contributed by atoms with Crippen LogP contribution < -0.4 is 20.3 Å². The Balaban J connectivity index is 1.84. The molecule has 0 unspecified atom stereocenters. The Hall–Kier alpha value is -3.32. The van der Waals surface area contributed by atoms with Crippen molar-refractivity contribution in [3.05, 3.63) is 70.0 Å². The predicted molar refractivity (Wildman–Crippen MR) is 107 cm³/mol. The number of nitrogens with one attached hydrogen (secondary N) is 1. The van der Waals surface area contributed by atoms with E-state index in [0.717, 1.165) is 4.68 Å². The topological polar surface area (TPSA) is 82.5 Å². The summed E-state index contributed by atoms with van der Waals surface area (Å²) >= 11 is 5.83. The van der Waals surface area contributed by atoms with Crippen LogP contribution in [-0.2, 0) is 11.3 Å². The lowest BCUT2D eigenvalue weighted by molar-refractivity contribution is -0.117. The second-order valence-electron chi connectivity index (χ2n) is 5.84. The van der Waals surface area contributed by atoms with Crippen LogP contribution in [0.3, 0.4) is 0 Å². The van der Waals surface area contributed by atoms with Gasteiger partial charge in [-0.25, -0.2) is 4.68 Å². The number of anilines is 1. The molecule has 7 nitrogen and oxygen atoms in total. The first-order valence-electron chi connectivity index (χ1n) is 8.36. The minimum Gasteiger partial charge on any atom is -0.497 e. The van der Waals surface area contributed by atoms with Crippen molar-refractivity contribution in [2.75, 3.05) is 19.5 Å². The van der Waals surface area contributed by atoms with Crippen molar-refractivity contribution >= 4 is 23.2 Å². The number of aromatic nitrogens is 2. The lowest BCUT2D eigenvalue weighted by Crippen LogP contribution is -2.29. The molecular weight excluding hydrogens is 382 g/mol. The summed E-state index contributed by atoms with van der Waals surface area (Å²) < 4.78 is 11.7. The third-order valence-electron chi connectivity index (χ3n) is 3.97. The number of methoxy groups -OCH3 is 2. The van der Waals surface area contributed by atoms with Gasteiger partial charge in [0.05, 0.1) is 19.9 Å². The van der Waals surface area contributed by atoms with E-state index in [9.17, 15) is 9.59 Å². The van der Waals surface area contributed by atoms with Gasteiger partial charge in [0.1, 0.15) is 18.0 Å². The molecule has 1 amide bonds. The van der Waals surface area contributed by atoms with Gasteiger partial charge >= 0.3 is 0 Å². The first-order valence-corrected chi connectivity index (χ1v) is 8.74. The smallest absolute Gasteiger partial charge is 0.267 e. The van der Waals surface area contributed by atoms with Crippen LogP contribution in [0.2, 0.25) is 5.02 Å². The zero-order valence-electron chi connectivity index (χ0n) is 15.3. The van der Waals surface area contributed by atoms with E-state index in [0.29, 0.717) is 33.5 Å². The number of ether oxygens (including phenoxy) is 2. The minimum atomic E-state index is -0.387. The van der Waals surface area contributed by atoms with Crippen molar-refractivity contribution in [1.29, 1.82) is 0 Å². The molecule has 0 saturated carbocycles. The fourth-order valence-electron chi connectivity index (χ4n) is 2.59. The van der Waals surface area contributed by atoms with Crippen LogP contribution in [0.5, 0.6) is 11.5 Å². The van der Waals surface area contributed by atoms with E-state index in [-0.39, 0.29) is 18.0 Å². The summed E-state index contributed by atoms with van der Waals surface area (Å²) in [7, 11) is 3.10. The summed E-state index contributed by atoms with van der Waals surface area (Å²) in [4.78, 5) is 24.4. The maximum atomic E-state index is 12.3. The van der Waals surface area contributed by atoms with Gasteiger partial charge in [0.2, 0.25) is 5.91 Å². The predicted octanol–water partition coefficient (Wildman–Crippen LogP) is 3.22. The summed E-state index contributed by atoms with van der Waals surface area (Å²) in [6, 6.07) is 14.9. The lowest BCUT2D eigenvalue weighted by Gasteiger charge is -2.12. The molecule has 144 valence electrons. The van der Waals surface area contributed by atoms with Gasteiger partial charge in [0, 0.05) is 28.4 Å². The van der Waals surface area contributed by atoms with Crippen LogP contribution in [0.25, 0.3) is 11.3 Å². The monoisotopic (exact) mass is 399 g/mol. The second-order valence-corrected chi connectivity index (χ2v) is 6.27. The maximum Gasteiger partial charge on any atom is 0.267 e. The Labute approximate surface area is 166 Å². The number of halogens is 1. The fourth-order valence-corrected chi connectivity index (χ4v) is 2.71. The molecule has 0 bridgehead atoms. The zero-order chi connectivity index (χ0) is 20.1. The standard InChI is InChI=1S/C20H18ClN3O4/c1-27-15-7-8-16(18(11-15)28-2)17-9-10-20(26)24(23-17)12-19(25)22-14-5-3-13(21)4-6-14/h3-11H,12H2,1-2H3,(H,22,25). The van der Waals surface area contributed by atoms with Crippen LogP contribution in [0.4, 0.5) is 5.69 Å². The molecule has 0 radical (unpaired) electrons. The molecule has 0 aliphatic heterocycles. The molecule has 0 aliphatic rings. The van der Waals surface area contributed by atoms with Crippen LogP contribution in [0.1, 0.15) is 0 Å². The van der Waals surface area contributed by atoms with E-state index in [1.807, 2.05) is 0 Å². The molecule has 2 aromatic carbocycles. The number of amides is 1. The van der Waals surface area contributed by atoms with E-state index in [1.165, 1.54) is 13.2 Å². The largest absolute Gasteiger partial charge is 0.497 e. The molecule has 0 spiro atoms. The van der Waals surface area contributed by atoms with Gasteiger partial charge in [-0.05, 0) is 42.5 Å². The highest BCUT2D eigenvalue weighted by Crippen LogP contribution is 2.31. The minimum absolute atomic E-state index is 0.228. The van der Waals surface area contributed by atoms with Gasteiger partial charge in [-0.2, -0.15) is 5.10 Å². The third kappa shape index (κ3) is 4.50. The van der Waals surface area contributed by atoms with E-state index >= 15 is 0 Å². The first-order chi connectivity index (χ1) is 13.5. The molecule has 1 heterocycles. The number of carbonyl (C=O) groups excluding carboxylic acids is 1. The Bertz CT molecular complexity index is 1050. The number of hydrogen-bond acceptors (Lipinski definition) is 5. The molecule has 0 saturated heterocycles. The molecule has 28 heavy (non-hydrogen) atoms. The Morgan fingerprint density at radius 1 is 1.07 bits per heavy atom. The molecule has 0 atom stereocenters. The van der Waals surface area contributed by atoms with Crippen molar-refractivity contribution < 1.29 is 14.3 Å². The van der Waals surface area contributed by atoms with Gasteiger partial charge in [-0.1, -0.05) is 11.6 Å². The van der Waals surface area contributed by atoms with Crippen LogP contribution in [0, 0.1) is 0 Å². The average molecular weight is 400 g/mol. The number of benzene rings is 2. The molecule has 0 fully saturated rings. The van der Waals surface area contributed by atoms with Gasteiger partial charge in [0.15, 0.2) is 0 Å². The van der Waals surface area contributed by atoms with Crippen molar-refractivity contribution in [2.45, 2.75) is 6.54 Å². The molecule has 0 aliphatic carbocycles. The van der Waals surface area contributed by atoms with Crippen LogP contribution in [0.15, 0.2) is 59.4 Å². The summed E-state index contributed by atoms with van der Waals surface area (Å²) in [5, 5.41) is 7.57. The lowest BCUT2D eigenvalue weighted by atomic mass is 10.1. The highest BCUT2D eigenvalue weighted by atomic mass is 35.5. The second kappa shape index (κ2) is 8.58. The van der Waals surface area contributed by atoms with E-state index in [1.54, 1.807) is 55.6 Å². The van der Waals surface area contributed by atoms with Crippen LogP contribution >= 0.6 is 11.6 Å². The SMILES string of the molecule is COc1ccc(-c2ccc(=O)n(CC(=O)Nc3ccc(Cl)cc3)n2)c(OC)c1. The van der Waals surface area contributed by atoms with Crippen molar-refractivity contribution in [3.63, 3.8) is 0 Å². The zero-order valence-corrected chi connectivity index (χ0v) is 16.1. The highest BCUT2D eigenvalue weighted by molar-refractivity contribution is 6.30. The number of nitrogens with zero attached hydrogens (tertiary/aromatic N) is 2. The molecule has 3 rings (SSSR count). The summed E-state index contributed by atoms with van der Waals surface area (Å²) in [6.07, 6.45) is 0. The third-order valence-corrected chi connectivity index (χ3v) is 4.22. The van der Waals surface area contributed by atoms with Gasteiger partial charge in [0.25, 0.3) is 5.56 Å². The molecular formula is C20H18ClN3O4. The van der Waals surface area contributed by atoms with E-state index in [4.69, 9.17) is 21.1 Å². The summed E-state index contributed by atoms with van der Waals surface area (Å²) in [5.41, 5.74) is 1.37. The molecule has 3 aromatic rings. The maximum absolute atomic E-state index is 12.3. The normalized spacial score (nSPS) is 10.4.